The smallest absolute Gasteiger partial charge is 0.137 e. The van der Waals surface area contributed by atoms with Crippen molar-refractivity contribution in [2.45, 2.75) is 70.6 Å². The molecule has 1 fully saturated rings. The highest BCUT2D eigenvalue weighted by Crippen LogP contribution is 2.46. The lowest BCUT2D eigenvalue weighted by Crippen LogP contribution is -2.51. The Morgan fingerprint density at radius 1 is 1.47 bits per heavy atom. The van der Waals surface area contributed by atoms with Crippen LogP contribution in [0.1, 0.15) is 61.4 Å². The fourth-order valence-electron chi connectivity index (χ4n) is 5.10. The number of hydrogen-bond acceptors (Lipinski definition) is 8. The number of ether oxygens (including phenoxy) is 1. The first kappa shape index (κ1) is 23.2. The van der Waals surface area contributed by atoms with Gasteiger partial charge in [0.15, 0.2) is 0 Å². The number of rotatable bonds is 8. The Hall–Kier alpha value is -1.94. The van der Waals surface area contributed by atoms with Crippen molar-refractivity contribution in [1.29, 1.82) is 0 Å². The highest BCUT2D eigenvalue weighted by atomic mass is 32.1. The molecule has 9 heteroatoms. The molecule has 1 unspecified atom stereocenters. The van der Waals surface area contributed by atoms with Crippen LogP contribution in [0.4, 0.5) is 0 Å². The Labute approximate surface area is 195 Å². The normalized spacial score (nSPS) is 25.1. The maximum absolute atomic E-state index is 6.46. The predicted molar refractivity (Wildman–Crippen MR) is 128 cm³/mol. The quantitative estimate of drug-likeness (QED) is 0.463. The fraction of sp³-hybridized carbons (Fsp3) is 0.652. The van der Waals surface area contributed by atoms with Crippen molar-refractivity contribution < 1.29 is 4.74 Å². The number of nitrogens with zero attached hydrogens (tertiary/aromatic N) is 5. The van der Waals surface area contributed by atoms with E-state index >= 15 is 0 Å². The van der Waals surface area contributed by atoms with Crippen molar-refractivity contribution in [1.82, 2.24) is 24.7 Å². The summed E-state index contributed by atoms with van der Waals surface area (Å²) in [4.78, 5) is 9.49. The number of hydrazine groups is 1. The molecule has 2 aliphatic rings. The molecule has 2 aliphatic heterocycles. The largest absolute Gasteiger partial charge is 0.400 e. The molecule has 32 heavy (non-hydrogen) atoms. The van der Waals surface area contributed by atoms with Crippen molar-refractivity contribution in [3.8, 4) is 0 Å². The van der Waals surface area contributed by atoms with E-state index in [-0.39, 0.29) is 11.6 Å². The Morgan fingerprint density at radius 3 is 3.00 bits per heavy atom. The van der Waals surface area contributed by atoms with Crippen molar-refractivity contribution in [3.63, 3.8) is 0 Å². The van der Waals surface area contributed by atoms with Gasteiger partial charge in [-0.15, -0.1) is 11.3 Å². The molecule has 0 aliphatic carbocycles. The summed E-state index contributed by atoms with van der Waals surface area (Å²) < 4.78 is 8.31. The van der Waals surface area contributed by atoms with Crippen LogP contribution in [0.3, 0.4) is 0 Å². The molecule has 176 valence electrons. The summed E-state index contributed by atoms with van der Waals surface area (Å²) in [5.74, 6) is 6.26. The van der Waals surface area contributed by atoms with E-state index in [1.54, 1.807) is 17.7 Å². The number of aromatic nitrogens is 3. The number of nitrogens with two attached hydrogens (primary N) is 2. The van der Waals surface area contributed by atoms with Gasteiger partial charge in [-0.05, 0) is 44.2 Å². The van der Waals surface area contributed by atoms with E-state index in [1.165, 1.54) is 15.3 Å². The zero-order valence-electron chi connectivity index (χ0n) is 19.5. The fourth-order valence-corrected chi connectivity index (χ4v) is 6.28. The van der Waals surface area contributed by atoms with E-state index in [0.29, 0.717) is 19.1 Å². The summed E-state index contributed by atoms with van der Waals surface area (Å²) in [5, 5.41) is 5.92. The second-order valence-corrected chi connectivity index (χ2v) is 10.3. The Bertz CT molecular complexity index is 912. The molecule has 0 amide bonds. The predicted octanol–water partition coefficient (Wildman–Crippen LogP) is 2.78. The standard InChI is InChI=1S/C23H37N7OS/c1-4-19(30-16-26-15-27-30)14-29(25)13-18(24)12-28-8-7-23(11-17(28)3)21-10-20(5-2)32-22(21)6-9-31-23/h10,13,15-17,19H,4-9,11-12,14,24-25H2,1-3H3/b18-13-/t17-,19?,23+/m0/s1. The van der Waals surface area contributed by atoms with Crippen LogP contribution in [0, 0.1) is 0 Å². The lowest BCUT2D eigenvalue weighted by molar-refractivity contribution is -0.109. The van der Waals surface area contributed by atoms with Crippen LogP contribution in [0.2, 0.25) is 0 Å². The van der Waals surface area contributed by atoms with E-state index in [9.17, 15) is 0 Å². The Kier molecular flexibility index (Phi) is 7.19. The van der Waals surface area contributed by atoms with Crippen LogP contribution in [-0.4, -0.2) is 57.0 Å². The monoisotopic (exact) mass is 459 g/mol. The second-order valence-electron chi connectivity index (χ2n) is 9.11. The number of fused-ring (bicyclic) bond motifs is 2. The summed E-state index contributed by atoms with van der Waals surface area (Å²) in [6.07, 6.45) is 10.2. The van der Waals surface area contributed by atoms with Gasteiger partial charge in [0.05, 0.1) is 24.8 Å². The molecule has 4 N–H and O–H groups in total. The highest BCUT2D eigenvalue weighted by Gasteiger charge is 2.44. The van der Waals surface area contributed by atoms with E-state index in [2.05, 4.69) is 41.8 Å². The molecule has 4 heterocycles. The molecule has 4 rings (SSSR count). The van der Waals surface area contributed by atoms with Gasteiger partial charge in [-0.25, -0.2) is 15.5 Å². The second kappa shape index (κ2) is 9.91. The van der Waals surface area contributed by atoms with E-state index in [0.717, 1.165) is 51.0 Å². The van der Waals surface area contributed by atoms with Crippen LogP contribution in [0.15, 0.2) is 30.6 Å². The summed E-state index contributed by atoms with van der Waals surface area (Å²) in [6.45, 7) is 9.78. The van der Waals surface area contributed by atoms with Gasteiger partial charge in [0, 0.05) is 47.2 Å². The number of aryl methyl sites for hydroxylation is 1. The van der Waals surface area contributed by atoms with Crippen molar-refractivity contribution in [2.24, 2.45) is 11.6 Å². The van der Waals surface area contributed by atoms with Crippen molar-refractivity contribution >= 4 is 11.3 Å². The van der Waals surface area contributed by atoms with Gasteiger partial charge >= 0.3 is 0 Å². The summed E-state index contributed by atoms with van der Waals surface area (Å²) in [6, 6.07) is 2.95. The van der Waals surface area contributed by atoms with Crippen LogP contribution in [0.25, 0.3) is 0 Å². The molecule has 0 aromatic carbocycles. The number of piperidine rings is 1. The third-order valence-corrected chi connectivity index (χ3v) is 8.22. The molecule has 8 nitrogen and oxygen atoms in total. The summed E-state index contributed by atoms with van der Waals surface area (Å²) >= 11 is 1.98. The van der Waals surface area contributed by atoms with Gasteiger partial charge < -0.3 is 15.5 Å². The third-order valence-electron chi connectivity index (χ3n) is 6.88. The molecule has 0 radical (unpaired) electrons. The zero-order valence-corrected chi connectivity index (χ0v) is 20.4. The minimum Gasteiger partial charge on any atom is -0.400 e. The minimum absolute atomic E-state index is 0.127. The van der Waals surface area contributed by atoms with Crippen LogP contribution in [0.5, 0.6) is 0 Å². The molecule has 0 bridgehead atoms. The average Bonchev–Trinajstić information content (AvgIpc) is 3.45. The summed E-state index contributed by atoms with van der Waals surface area (Å²) in [7, 11) is 0. The third kappa shape index (κ3) is 4.85. The van der Waals surface area contributed by atoms with Gasteiger partial charge in [-0.1, -0.05) is 13.8 Å². The maximum atomic E-state index is 6.46. The van der Waals surface area contributed by atoms with Crippen molar-refractivity contribution in [2.75, 3.05) is 26.2 Å². The van der Waals surface area contributed by atoms with Crippen LogP contribution in [-0.2, 0) is 23.2 Å². The number of hydrogen-bond donors (Lipinski definition) is 2. The molecule has 1 saturated heterocycles. The van der Waals surface area contributed by atoms with Crippen molar-refractivity contribution in [3.05, 3.63) is 45.9 Å². The van der Waals surface area contributed by atoms with E-state index in [1.807, 2.05) is 22.2 Å². The van der Waals surface area contributed by atoms with Gasteiger partial charge in [-0.3, -0.25) is 4.90 Å². The first-order valence-electron chi connectivity index (χ1n) is 11.8. The van der Waals surface area contributed by atoms with Crippen LogP contribution < -0.4 is 11.6 Å². The molecule has 2 aromatic heterocycles. The Morgan fingerprint density at radius 2 is 2.31 bits per heavy atom. The number of thiophene rings is 1. The molecule has 2 aromatic rings. The minimum atomic E-state index is -0.127. The Balaban J connectivity index is 1.37. The van der Waals surface area contributed by atoms with E-state index < -0.39 is 0 Å². The first-order valence-corrected chi connectivity index (χ1v) is 12.6. The molecular formula is C23H37N7OS. The van der Waals surface area contributed by atoms with Gasteiger partial charge in [0.2, 0.25) is 0 Å². The molecule has 3 atom stereocenters. The lowest BCUT2D eigenvalue weighted by atomic mass is 9.79. The average molecular weight is 460 g/mol. The van der Waals surface area contributed by atoms with Gasteiger partial charge in [0.1, 0.15) is 12.7 Å². The number of likely N-dealkylation sites (tertiary alicyclic amines) is 1. The molecular weight excluding hydrogens is 422 g/mol. The summed E-state index contributed by atoms with van der Waals surface area (Å²) in [5.41, 5.74) is 8.50. The van der Waals surface area contributed by atoms with Gasteiger partial charge in [-0.2, -0.15) is 5.10 Å². The first-order chi connectivity index (χ1) is 15.4. The van der Waals surface area contributed by atoms with Crippen LogP contribution >= 0.6 is 11.3 Å². The maximum Gasteiger partial charge on any atom is 0.137 e. The zero-order chi connectivity index (χ0) is 22.7. The SMILES string of the molecule is CCc1cc2c(s1)CCO[C@@]21CCN(C/C(N)=C/N(N)CC(CC)n2cncn2)[C@@H](C)C1. The highest BCUT2D eigenvalue weighted by molar-refractivity contribution is 7.12. The molecule has 0 saturated carbocycles. The van der Waals surface area contributed by atoms with Gasteiger partial charge in [0.25, 0.3) is 0 Å². The lowest BCUT2D eigenvalue weighted by Gasteiger charge is -2.47. The molecule has 1 spiro atoms. The topological polar surface area (TPSA) is 98.5 Å². The van der Waals surface area contributed by atoms with E-state index in [4.69, 9.17) is 16.3 Å².